The molecular weight excluding hydrogens is 288 g/mol. The fourth-order valence-corrected chi connectivity index (χ4v) is 2.76. The van der Waals surface area contributed by atoms with Gasteiger partial charge in [0.05, 0.1) is 24.1 Å². The molecule has 7 heteroatoms. The first kappa shape index (κ1) is 16.2. The van der Waals surface area contributed by atoms with E-state index in [1.807, 2.05) is 0 Å². The highest BCUT2D eigenvalue weighted by Crippen LogP contribution is 2.32. The van der Waals surface area contributed by atoms with Crippen LogP contribution in [0, 0.1) is 16.0 Å². The number of carbonyl (C=O) groups excluding carboxylic acids is 1. The number of nitro benzene ring substituents is 1. The fraction of sp³-hybridized carbons (Fsp3) is 0.533. The number of esters is 1. The van der Waals surface area contributed by atoms with Crippen LogP contribution in [0.5, 0.6) is 0 Å². The van der Waals surface area contributed by atoms with Crippen LogP contribution in [-0.4, -0.2) is 28.6 Å². The number of nitro groups is 1. The lowest BCUT2D eigenvalue weighted by Gasteiger charge is -2.15. The Morgan fingerprint density at radius 2 is 2.27 bits per heavy atom. The summed E-state index contributed by atoms with van der Waals surface area (Å²) in [7, 11) is 0. The molecule has 1 aliphatic rings. The Labute approximate surface area is 128 Å². The highest BCUT2D eigenvalue weighted by molar-refractivity contribution is 5.73. The molecule has 1 aromatic rings. The van der Waals surface area contributed by atoms with Gasteiger partial charge in [-0.2, -0.15) is 0 Å². The van der Waals surface area contributed by atoms with Crippen LogP contribution < -0.4 is 5.32 Å². The molecule has 2 N–H and O–H groups in total. The second kappa shape index (κ2) is 7.22. The van der Waals surface area contributed by atoms with Crippen molar-refractivity contribution in [2.45, 2.75) is 38.8 Å². The van der Waals surface area contributed by atoms with Crippen LogP contribution in [0.1, 0.15) is 31.7 Å². The Hall–Kier alpha value is -2.15. The average molecular weight is 308 g/mol. The minimum absolute atomic E-state index is 0.0120. The van der Waals surface area contributed by atoms with E-state index in [2.05, 4.69) is 5.32 Å². The Morgan fingerprint density at radius 1 is 1.50 bits per heavy atom. The van der Waals surface area contributed by atoms with Crippen LogP contribution in [0.15, 0.2) is 18.2 Å². The van der Waals surface area contributed by atoms with E-state index in [1.165, 1.54) is 12.1 Å². The maximum absolute atomic E-state index is 11.7. The lowest BCUT2D eigenvalue weighted by Crippen LogP contribution is -2.20. The van der Waals surface area contributed by atoms with Crippen LogP contribution in [0.3, 0.4) is 0 Å². The first-order chi connectivity index (χ1) is 10.5. The van der Waals surface area contributed by atoms with E-state index < -0.39 is 4.92 Å². The predicted molar refractivity (Wildman–Crippen MR) is 80.4 cm³/mol. The van der Waals surface area contributed by atoms with E-state index in [4.69, 9.17) is 9.84 Å². The summed E-state index contributed by atoms with van der Waals surface area (Å²) in [5.41, 5.74) is 0.955. The van der Waals surface area contributed by atoms with Gasteiger partial charge >= 0.3 is 5.97 Å². The van der Waals surface area contributed by atoms with Gasteiger partial charge in [0, 0.05) is 12.1 Å². The van der Waals surface area contributed by atoms with E-state index in [-0.39, 0.29) is 30.2 Å². The monoisotopic (exact) mass is 308 g/mol. The number of nitrogens with zero attached hydrogens (tertiary/aromatic N) is 1. The minimum Gasteiger partial charge on any atom is -0.466 e. The summed E-state index contributed by atoms with van der Waals surface area (Å²) in [5.74, 6) is -0.358. The van der Waals surface area contributed by atoms with Gasteiger partial charge in [0.15, 0.2) is 0 Å². The highest BCUT2D eigenvalue weighted by Gasteiger charge is 2.31. The minimum atomic E-state index is -0.457. The fourth-order valence-electron chi connectivity index (χ4n) is 2.76. The summed E-state index contributed by atoms with van der Waals surface area (Å²) >= 11 is 0. The SMILES string of the molecule is CCOC(=O)C1CCC(Nc2cc(CO)ccc2[N+](=O)[O-])C1. The standard InChI is InChI=1S/C15H20N2O5/c1-2-22-15(19)11-4-5-12(8-11)16-13-7-10(9-18)3-6-14(13)17(20)21/h3,6-7,11-12,16,18H,2,4-5,8-9H2,1H3. The molecule has 2 atom stereocenters. The lowest BCUT2D eigenvalue weighted by atomic mass is 10.1. The van der Waals surface area contributed by atoms with Crippen LogP contribution in [0.2, 0.25) is 0 Å². The van der Waals surface area contributed by atoms with Crippen molar-refractivity contribution in [3.8, 4) is 0 Å². The Morgan fingerprint density at radius 3 is 2.91 bits per heavy atom. The maximum Gasteiger partial charge on any atom is 0.308 e. The molecule has 0 radical (unpaired) electrons. The summed E-state index contributed by atoms with van der Waals surface area (Å²) in [6.07, 6.45) is 2.06. The second-order valence-electron chi connectivity index (χ2n) is 5.37. The number of carbonyl (C=O) groups is 1. The number of rotatable bonds is 6. The Bertz CT molecular complexity index is 561. The zero-order valence-corrected chi connectivity index (χ0v) is 12.4. The molecule has 0 aliphatic heterocycles. The van der Waals surface area contributed by atoms with Gasteiger partial charge in [-0.3, -0.25) is 14.9 Å². The predicted octanol–water partition coefficient (Wildman–Crippen LogP) is 2.23. The van der Waals surface area contributed by atoms with Gasteiger partial charge in [0.25, 0.3) is 5.69 Å². The number of ether oxygens (including phenoxy) is 1. The van der Waals surface area contributed by atoms with Crippen molar-refractivity contribution in [2.75, 3.05) is 11.9 Å². The molecule has 22 heavy (non-hydrogen) atoms. The molecule has 120 valence electrons. The molecule has 0 aromatic heterocycles. The summed E-state index contributed by atoms with van der Waals surface area (Å²) in [4.78, 5) is 22.4. The zero-order valence-electron chi connectivity index (χ0n) is 12.4. The third-order valence-electron chi connectivity index (χ3n) is 3.85. The summed E-state index contributed by atoms with van der Waals surface area (Å²) in [6.45, 7) is 1.95. The normalized spacial score (nSPS) is 20.6. The van der Waals surface area contributed by atoms with Crippen LogP contribution in [0.25, 0.3) is 0 Å². The van der Waals surface area contributed by atoms with Crippen molar-refractivity contribution in [3.63, 3.8) is 0 Å². The molecule has 0 bridgehead atoms. The number of benzene rings is 1. The van der Waals surface area contributed by atoms with Crippen LogP contribution >= 0.6 is 0 Å². The molecule has 0 spiro atoms. The largest absolute Gasteiger partial charge is 0.466 e. The molecule has 1 aromatic carbocycles. The van der Waals surface area contributed by atoms with E-state index in [1.54, 1.807) is 13.0 Å². The van der Waals surface area contributed by atoms with Gasteiger partial charge in [-0.25, -0.2) is 0 Å². The molecule has 1 fully saturated rings. The number of aliphatic hydroxyl groups excluding tert-OH is 1. The molecule has 1 aliphatic carbocycles. The molecule has 2 rings (SSSR count). The number of nitrogens with one attached hydrogen (secondary N) is 1. The molecule has 0 amide bonds. The Kier molecular flexibility index (Phi) is 5.32. The summed E-state index contributed by atoms with van der Waals surface area (Å²) in [5, 5.41) is 23.4. The van der Waals surface area contributed by atoms with Crippen LogP contribution in [-0.2, 0) is 16.1 Å². The topological polar surface area (TPSA) is 102 Å². The summed E-state index contributed by atoms with van der Waals surface area (Å²) in [6, 6.07) is 4.47. The number of aliphatic hydroxyl groups is 1. The van der Waals surface area contributed by atoms with Crippen LogP contribution in [0.4, 0.5) is 11.4 Å². The van der Waals surface area contributed by atoms with Gasteiger partial charge in [0.2, 0.25) is 0 Å². The number of anilines is 1. The molecular formula is C15H20N2O5. The van der Waals surface area contributed by atoms with Crippen molar-refractivity contribution in [1.82, 2.24) is 0 Å². The quantitative estimate of drug-likeness (QED) is 0.475. The maximum atomic E-state index is 11.7. The van der Waals surface area contributed by atoms with E-state index in [0.717, 1.165) is 6.42 Å². The smallest absolute Gasteiger partial charge is 0.308 e. The molecule has 7 nitrogen and oxygen atoms in total. The zero-order chi connectivity index (χ0) is 16.1. The summed E-state index contributed by atoms with van der Waals surface area (Å²) < 4.78 is 5.01. The molecule has 1 saturated carbocycles. The average Bonchev–Trinajstić information content (AvgIpc) is 2.95. The van der Waals surface area contributed by atoms with Gasteiger partial charge in [0.1, 0.15) is 5.69 Å². The first-order valence-corrected chi connectivity index (χ1v) is 7.36. The van der Waals surface area contributed by atoms with E-state index in [9.17, 15) is 14.9 Å². The molecule has 0 saturated heterocycles. The van der Waals surface area contributed by atoms with Crippen molar-refractivity contribution in [2.24, 2.45) is 5.92 Å². The third kappa shape index (κ3) is 3.73. The van der Waals surface area contributed by atoms with E-state index in [0.29, 0.717) is 30.7 Å². The highest BCUT2D eigenvalue weighted by atomic mass is 16.6. The van der Waals surface area contributed by atoms with Gasteiger partial charge < -0.3 is 15.2 Å². The van der Waals surface area contributed by atoms with Crippen molar-refractivity contribution in [1.29, 1.82) is 0 Å². The van der Waals surface area contributed by atoms with Crippen molar-refractivity contribution in [3.05, 3.63) is 33.9 Å². The van der Waals surface area contributed by atoms with Crippen molar-refractivity contribution < 1.29 is 19.6 Å². The Balaban J connectivity index is 2.08. The lowest BCUT2D eigenvalue weighted by molar-refractivity contribution is -0.384. The number of hydrogen-bond acceptors (Lipinski definition) is 6. The number of hydrogen-bond donors (Lipinski definition) is 2. The second-order valence-corrected chi connectivity index (χ2v) is 5.37. The van der Waals surface area contributed by atoms with E-state index >= 15 is 0 Å². The van der Waals surface area contributed by atoms with Gasteiger partial charge in [-0.05, 0) is 43.9 Å². The first-order valence-electron chi connectivity index (χ1n) is 7.36. The van der Waals surface area contributed by atoms with Gasteiger partial charge in [-0.1, -0.05) is 0 Å². The molecule has 2 unspecified atom stereocenters. The third-order valence-corrected chi connectivity index (χ3v) is 3.85. The van der Waals surface area contributed by atoms with Crippen molar-refractivity contribution >= 4 is 17.3 Å². The molecule has 0 heterocycles. The van der Waals surface area contributed by atoms with Gasteiger partial charge in [-0.15, -0.1) is 0 Å².